The molecular weight excluding hydrogens is 508 g/mol. The van der Waals surface area contributed by atoms with Crippen LogP contribution in [0, 0.1) is 0 Å². The minimum absolute atomic E-state index is 0.0206. The number of nitrogens with one attached hydrogen (secondary N) is 3. The Balaban J connectivity index is 0.000000869. The molecule has 0 fully saturated rings. The highest BCUT2D eigenvalue weighted by atomic mass is 16.5. The van der Waals surface area contributed by atoms with Gasteiger partial charge in [0.2, 0.25) is 5.91 Å². The Morgan fingerprint density at radius 3 is 2.15 bits per heavy atom. The van der Waals surface area contributed by atoms with Crippen molar-refractivity contribution in [2.24, 2.45) is 4.99 Å². The number of nitrogens with zero attached hydrogens (tertiary/aromatic N) is 1. The molecule has 0 saturated carbocycles. The summed E-state index contributed by atoms with van der Waals surface area (Å²) in [5.41, 5.74) is 2.48. The third-order valence-corrected chi connectivity index (χ3v) is 5.40. The van der Waals surface area contributed by atoms with Crippen molar-refractivity contribution in [3.63, 3.8) is 0 Å². The van der Waals surface area contributed by atoms with E-state index < -0.39 is 11.8 Å². The molecule has 40 heavy (non-hydrogen) atoms. The van der Waals surface area contributed by atoms with Crippen LogP contribution in [0.2, 0.25) is 0 Å². The number of benzene rings is 2. The normalized spacial score (nSPS) is 10.7. The Labute approximate surface area is 236 Å². The van der Waals surface area contributed by atoms with E-state index >= 15 is 0 Å². The van der Waals surface area contributed by atoms with Crippen LogP contribution in [0.15, 0.2) is 77.4 Å². The number of methoxy groups -OCH3 is 1. The molecule has 3 amide bonds. The summed E-state index contributed by atoms with van der Waals surface area (Å²) in [5, 5.41) is 8.26. The maximum Gasteiger partial charge on any atom is 0.270 e. The maximum absolute atomic E-state index is 12.6. The molecule has 2 aromatic rings. The fourth-order valence-corrected chi connectivity index (χ4v) is 3.13. The fraction of sp³-hybridized carbons (Fsp3) is 0.323. The smallest absolute Gasteiger partial charge is 0.270 e. The van der Waals surface area contributed by atoms with Gasteiger partial charge in [-0.25, -0.2) is 0 Å². The van der Waals surface area contributed by atoms with Gasteiger partial charge in [0.1, 0.15) is 11.4 Å². The molecule has 0 spiro atoms. The molecule has 0 bridgehead atoms. The molecule has 3 N–H and O–H groups in total. The average molecular weight is 549 g/mol. The molecule has 9 heteroatoms. The zero-order valence-corrected chi connectivity index (χ0v) is 24.0. The molecule has 9 nitrogen and oxygen atoms in total. The first kappa shape index (κ1) is 33.5. The molecule has 0 aliphatic rings. The van der Waals surface area contributed by atoms with Crippen molar-refractivity contribution >= 4 is 29.7 Å². The highest BCUT2D eigenvalue weighted by Gasteiger charge is 2.12. The summed E-state index contributed by atoms with van der Waals surface area (Å²) in [5.74, 6) is -0.0375. The number of aliphatic imine (C=N–C) groups is 1. The van der Waals surface area contributed by atoms with Gasteiger partial charge in [-0.2, -0.15) is 0 Å². The third kappa shape index (κ3) is 12.8. The van der Waals surface area contributed by atoms with E-state index in [-0.39, 0.29) is 36.1 Å². The van der Waals surface area contributed by atoms with Gasteiger partial charge in [-0.3, -0.25) is 24.2 Å². The minimum Gasteiger partial charge on any atom is -0.497 e. The lowest BCUT2D eigenvalue weighted by molar-refractivity contribution is -0.121. The number of Topliss-reactive ketones (excluding diaryl/α,β-unsaturated/α-hetero) is 1. The summed E-state index contributed by atoms with van der Waals surface area (Å²) in [6.45, 7) is 12.2. The summed E-state index contributed by atoms with van der Waals surface area (Å²) in [7, 11) is 1.58. The number of carbonyl (C=O) groups excluding carboxylic acids is 4. The summed E-state index contributed by atoms with van der Waals surface area (Å²) in [6, 6.07) is 14.3. The highest BCUT2D eigenvalue weighted by molar-refractivity contribution is 6.00. The van der Waals surface area contributed by atoms with E-state index in [9.17, 15) is 19.2 Å². The number of rotatable bonds is 13. The van der Waals surface area contributed by atoms with E-state index in [1.807, 2.05) is 38.1 Å². The summed E-state index contributed by atoms with van der Waals surface area (Å²) in [4.78, 5) is 50.8. The van der Waals surface area contributed by atoms with Crippen molar-refractivity contribution in [2.75, 3.05) is 13.7 Å². The van der Waals surface area contributed by atoms with E-state index in [0.29, 0.717) is 17.7 Å². The molecule has 0 aliphatic carbocycles. The van der Waals surface area contributed by atoms with Gasteiger partial charge in [-0.05, 0) is 49.6 Å². The van der Waals surface area contributed by atoms with Crippen LogP contribution >= 0.6 is 0 Å². The van der Waals surface area contributed by atoms with Gasteiger partial charge in [-0.1, -0.05) is 56.8 Å². The van der Waals surface area contributed by atoms with E-state index in [2.05, 4.69) is 27.5 Å². The monoisotopic (exact) mass is 548 g/mol. The molecular formula is C31H40N4O5. The quantitative estimate of drug-likeness (QED) is 0.149. The fourth-order valence-electron chi connectivity index (χ4n) is 3.13. The molecule has 214 valence electrons. The van der Waals surface area contributed by atoms with Crippen LogP contribution in [-0.2, 0) is 27.5 Å². The van der Waals surface area contributed by atoms with Crippen LogP contribution in [0.5, 0.6) is 5.75 Å². The molecule has 2 rings (SSSR count). The third-order valence-electron chi connectivity index (χ3n) is 5.40. The number of amides is 3. The largest absolute Gasteiger partial charge is 0.497 e. The summed E-state index contributed by atoms with van der Waals surface area (Å²) < 4.78 is 5.18. The van der Waals surface area contributed by atoms with Crippen LogP contribution in [0.3, 0.4) is 0 Å². The zero-order valence-electron chi connectivity index (χ0n) is 24.0. The molecule has 0 radical (unpaired) electrons. The maximum atomic E-state index is 12.6. The van der Waals surface area contributed by atoms with Crippen LogP contribution in [0.4, 0.5) is 0 Å². The summed E-state index contributed by atoms with van der Waals surface area (Å²) in [6.07, 6.45) is 4.43. The van der Waals surface area contributed by atoms with Crippen LogP contribution in [-0.4, -0.2) is 43.4 Å². The molecule has 2 aromatic carbocycles. The standard InChI is InChI=1S/C25H27N3O4.C6H13NO/c1-5-26-23(25(31)28-16-20-7-6-8-22(14-20)32-4)13-17(2)24(30)27-15-19-9-11-21(12-10-19)18(3)29;1-3-5-7-6(8)4-2/h5-14H,2,15-16H2,1,3-4H3,(H,27,30)(H,28,31);3-5H2,1-2H3,(H,7,8)/b23-13-,26-5?;. The second kappa shape index (κ2) is 18.7. The number of hydrogen-bond donors (Lipinski definition) is 3. The van der Waals surface area contributed by atoms with Crippen molar-refractivity contribution < 1.29 is 23.9 Å². The first-order valence-corrected chi connectivity index (χ1v) is 13.1. The van der Waals surface area contributed by atoms with Crippen molar-refractivity contribution in [3.8, 4) is 5.75 Å². The Bertz CT molecular complexity index is 1220. The Morgan fingerprint density at radius 2 is 1.57 bits per heavy atom. The Hall–Kier alpha value is -4.53. The Morgan fingerprint density at radius 1 is 0.925 bits per heavy atom. The average Bonchev–Trinajstić information content (AvgIpc) is 2.97. The van der Waals surface area contributed by atoms with E-state index in [1.54, 1.807) is 38.3 Å². The molecule has 0 unspecified atom stereocenters. The zero-order chi connectivity index (χ0) is 29.9. The van der Waals surface area contributed by atoms with Crippen molar-refractivity contribution in [1.29, 1.82) is 0 Å². The molecule has 0 heterocycles. The van der Waals surface area contributed by atoms with Crippen LogP contribution < -0.4 is 20.7 Å². The SMILES string of the molecule is C=C(/C=C(\N=CC)C(=O)NCc1cccc(OC)c1)C(=O)NCc1ccc(C(C)=O)cc1.CCCNC(=O)CC. The van der Waals surface area contributed by atoms with Crippen molar-refractivity contribution in [1.82, 2.24) is 16.0 Å². The topological polar surface area (TPSA) is 126 Å². The van der Waals surface area contributed by atoms with Gasteiger partial charge < -0.3 is 20.7 Å². The first-order chi connectivity index (χ1) is 19.1. The van der Waals surface area contributed by atoms with E-state index in [1.165, 1.54) is 19.2 Å². The number of hydrogen-bond acceptors (Lipinski definition) is 6. The first-order valence-electron chi connectivity index (χ1n) is 13.1. The predicted molar refractivity (Wildman–Crippen MR) is 158 cm³/mol. The van der Waals surface area contributed by atoms with Gasteiger partial charge >= 0.3 is 0 Å². The van der Waals surface area contributed by atoms with Gasteiger partial charge in [0.05, 0.1) is 7.11 Å². The van der Waals surface area contributed by atoms with Gasteiger partial charge in [0.25, 0.3) is 11.8 Å². The Kier molecular flexibility index (Phi) is 15.6. The highest BCUT2D eigenvalue weighted by Crippen LogP contribution is 2.13. The van der Waals surface area contributed by atoms with Crippen LogP contribution in [0.1, 0.15) is 62.0 Å². The van der Waals surface area contributed by atoms with Crippen LogP contribution in [0.25, 0.3) is 0 Å². The van der Waals surface area contributed by atoms with E-state index in [4.69, 9.17) is 4.74 Å². The van der Waals surface area contributed by atoms with E-state index in [0.717, 1.165) is 24.1 Å². The van der Waals surface area contributed by atoms with Gasteiger partial charge in [0.15, 0.2) is 5.78 Å². The summed E-state index contributed by atoms with van der Waals surface area (Å²) >= 11 is 0. The lowest BCUT2D eigenvalue weighted by atomic mass is 10.1. The predicted octanol–water partition coefficient (Wildman–Crippen LogP) is 4.28. The number of ketones is 1. The lowest BCUT2D eigenvalue weighted by Crippen LogP contribution is -2.26. The van der Waals surface area contributed by atoms with Crippen molar-refractivity contribution in [3.05, 3.63) is 89.1 Å². The number of carbonyl (C=O) groups is 4. The van der Waals surface area contributed by atoms with Crippen molar-refractivity contribution in [2.45, 2.75) is 53.6 Å². The molecule has 0 atom stereocenters. The lowest BCUT2D eigenvalue weighted by Gasteiger charge is -2.09. The molecule has 0 saturated heterocycles. The second-order valence-corrected chi connectivity index (χ2v) is 8.62. The molecule has 0 aliphatic heterocycles. The second-order valence-electron chi connectivity index (χ2n) is 8.62. The van der Waals surface area contributed by atoms with Gasteiger partial charge in [-0.15, -0.1) is 0 Å². The number of ether oxygens (including phenoxy) is 1. The minimum atomic E-state index is -0.431. The van der Waals surface area contributed by atoms with Gasteiger partial charge in [0, 0.05) is 43.4 Å². The molecule has 0 aromatic heterocycles.